The van der Waals surface area contributed by atoms with Gasteiger partial charge in [0.15, 0.2) is 17.3 Å². The first-order chi connectivity index (χ1) is 18.1. The average molecular weight is 533 g/mol. The number of methoxy groups -OCH3 is 1. The molecule has 0 fully saturated rings. The van der Waals surface area contributed by atoms with Gasteiger partial charge in [-0.1, -0.05) is 31.8 Å². The van der Waals surface area contributed by atoms with Crippen molar-refractivity contribution in [2.75, 3.05) is 41.0 Å². The van der Waals surface area contributed by atoms with Crippen LogP contribution in [0, 0.1) is 11.3 Å². The summed E-state index contributed by atoms with van der Waals surface area (Å²) in [5.74, 6) is 1.01. The number of hydrogen-bond donors (Lipinski definition) is 0. The molecule has 1 aromatic heterocycles. The van der Waals surface area contributed by atoms with Crippen LogP contribution in [0.4, 0.5) is 0 Å². The molecule has 0 N–H and O–H groups in total. The van der Waals surface area contributed by atoms with Crippen molar-refractivity contribution >= 4 is 13.9 Å². The van der Waals surface area contributed by atoms with Gasteiger partial charge < -0.3 is 19.1 Å². The molecular weight excluding hydrogens is 496 g/mol. The van der Waals surface area contributed by atoms with E-state index < -0.39 is 8.07 Å². The molecule has 0 radical (unpaired) electrons. The summed E-state index contributed by atoms with van der Waals surface area (Å²) >= 11 is 0. The summed E-state index contributed by atoms with van der Waals surface area (Å²) < 4.78 is 19.5. The zero-order valence-corrected chi connectivity index (χ0v) is 24.1. The Morgan fingerprint density at radius 1 is 1.05 bits per heavy atom. The Morgan fingerprint density at radius 2 is 1.76 bits per heavy atom. The Labute approximate surface area is 225 Å². The second-order valence-electron chi connectivity index (χ2n) is 11.0. The third kappa shape index (κ3) is 5.99. The molecule has 3 aromatic rings. The number of nitrogens with zero attached hydrogens (tertiary/aromatic N) is 4. The fraction of sp³-hybridized carbons (Fsp3) is 0.414. The summed E-state index contributed by atoms with van der Waals surface area (Å²) in [6.07, 6.45) is 0.855. The molecule has 0 saturated carbocycles. The van der Waals surface area contributed by atoms with Gasteiger partial charge in [-0.2, -0.15) is 10.4 Å². The van der Waals surface area contributed by atoms with Gasteiger partial charge in [-0.25, -0.2) is 4.68 Å². The molecule has 2 aromatic carbocycles. The van der Waals surface area contributed by atoms with Crippen LogP contribution in [0.5, 0.6) is 11.5 Å². The highest BCUT2D eigenvalue weighted by atomic mass is 28.3. The fourth-order valence-corrected chi connectivity index (χ4v) is 5.15. The lowest BCUT2D eigenvalue weighted by Crippen LogP contribution is -2.22. The van der Waals surface area contributed by atoms with Gasteiger partial charge in [0.25, 0.3) is 0 Å². The second-order valence-corrected chi connectivity index (χ2v) is 16.6. The third-order valence-electron chi connectivity index (χ3n) is 6.49. The van der Waals surface area contributed by atoms with Crippen LogP contribution in [-0.4, -0.2) is 69.5 Å². The van der Waals surface area contributed by atoms with Gasteiger partial charge in [0.2, 0.25) is 0 Å². The molecule has 0 bridgehead atoms. The quantitative estimate of drug-likeness (QED) is 0.181. The second kappa shape index (κ2) is 11.5. The van der Waals surface area contributed by atoms with Gasteiger partial charge in [-0.3, -0.25) is 4.79 Å². The van der Waals surface area contributed by atoms with Gasteiger partial charge >= 0.3 is 0 Å². The van der Waals surface area contributed by atoms with Crippen LogP contribution in [-0.2, 0) is 11.5 Å². The number of nitriles is 1. The number of benzene rings is 2. The molecule has 0 spiro atoms. The number of rotatable bonds is 12. The van der Waals surface area contributed by atoms with Gasteiger partial charge in [0.05, 0.1) is 36.6 Å². The van der Waals surface area contributed by atoms with E-state index in [4.69, 9.17) is 19.3 Å². The maximum Gasteiger partial charge on any atom is 0.198 e. The molecule has 9 heteroatoms. The van der Waals surface area contributed by atoms with Crippen molar-refractivity contribution in [3.8, 4) is 40.1 Å². The Balaban J connectivity index is 1.72. The highest BCUT2D eigenvalue weighted by Crippen LogP contribution is 2.46. The largest absolute Gasteiger partial charge is 0.493 e. The van der Waals surface area contributed by atoms with Crippen LogP contribution in [0.3, 0.4) is 0 Å². The molecule has 38 heavy (non-hydrogen) atoms. The molecule has 4 rings (SSSR count). The summed E-state index contributed by atoms with van der Waals surface area (Å²) in [6, 6.07) is 14.0. The highest BCUT2D eigenvalue weighted by molar-refractivity contribution is 6.76. The van der Waals surface area contributed by atoms with E-state index in [1.165, 1.54) is 0 Å². The lowest BCUT2D eigenvalue weighted by Gasteiger charge is -2.16. The number of fused-ring (bicyclic) bond motifs is 3. The summed E-state index contributed by atoms with van der Waals surface area (Å²) in [5.41, 5.74) is 4.46. The minimum absolute atomic E-state index is 0.108. The molecule has 0 saturated heterocycles. The fourth-order valence-electron chi connectivity index (χ4n) is 4.39. The topological polar surface area (TPSA) is 89.6 Å². The molecule has 0 aliphatic heterocycles. The SMILES string of the molecule is COc1cc2c(cc1OCCCN(C)C)C(=O)c1c(-c3ccc(C#N)cc3)nn(COCC[Si](C)(C)C)c1-2. The van der Waals surface area contributed by atoms with E-state index in [1.54, 1.807) is 30.0 Å². The minimum Gasteiger partial charge on any atom is -0.493 e. The number of carbonyl (C=O) groups is 1. The standard InChI is InChI=1S/C29H36N4O4Si/c1-32(2)12-7-13-37-25-17-23-22(16-24(25)35-3)28-26(29(23)34)27(21-10-8-20(18-30)9-11-21)31-33(28)19-36-14-15-38(4,5)6/h8-11,16-17H,7,12-15,19H2,1-6H3. The summed E-state index contributed by atoms with van der Waals surface area (Å²) in [4.78, 5) is 15.9. The third-order valence-corrected chi connectivity index (χ3v) is 8.19. The maximum absolute atomic E-state index is 13.8. The van der Waals surface area contributed by atoms with Gasteiger partial charge in [0.1, 0.15) is 12.4 Å². The summed E-state index contributed by atoms with van der Waals surface area (Å²) in [5, 5.41) is 14.0. The molecule has 0 amide bonds. The molecule has 1 aliphatic carbocycles. The first-order valence-electron chi connectivity index (χ1n) is 12.9. The zero-order chi connectivity index (χ0) is 27.4. The first kappa shape index (κ1) is 27.6. The van der Waals surface area contributed by atoms with Gasteiger partial charge in [-0.15, -0.1) is 0 Å². The van der Waals surface area contributed by atoms with E-state index in [0.29, 0.717) is 47.1 Å². The molecule has 0 atom stereocenters. The molecule has 0 unspecified atom stereocenters. The van der Waals surface area contributed by atoms with Crippen molar-refractivity contribution < 1.29 is 19.0 Å². The maximum atomic E-state index is 13.8. The lowest BCUT2D eigenvalue weighted by molar-refractivity contribution is 0.0799. The highest BCUT2D eigenvalue weighted by Gasteiger charge is 2.36. The molecule has 1 heterocycles. The molecular formula is C29H36N4O4Si. The average Bonchev–Trinajstić information content (AvgIpc) is 3.39. The number of ether oxygens (including phenoxy) is 3. The van der Waals surface area contributed by atoms with Crippen molar-refractivity contribution in [2.24, 2.45) is 0 Å². The van der Waals surface area contributed by atoms with Crippen LogP contribution in [0.2, 0.25) is 25.7 Å². The Hall–Kier alpha value is -3.45. The monoisotopic (exact) mass is 532 g/mol. The zero-order valence-electron chi connectivity index (χ0n) is 23.1. The van der Waals surface area contributed by atoms with E-state index in [0.717, 1.165) is 35.8 Å². The van der Waals surface area contributed by atoms with Crippen molar-refractivity contribution in [3.63, 3.8) is 0 Å². The minimum atomic E-state index is -1.25. The number of carbonyl (C=O) groups excluding carboxylic acids is 1. The van der Waals surface area contributed by atoms with Crippen molar-refractivity contribution in [3.05, 3.63) is 53.1 Å². The van der Waals surface area contributed by atoms with Crippen LogP contribution >= 0.6 is 0 Å². The number of ketones is 1. The molecule has 200 valence electrons. The van der Waals surface area contributed by atoms with Crippen LogP contribution in [0.15, 0.2) is 36.4 Å². The van der Waals surface area contributed by atoms with Crippen LogP contribution < -0.4 is 9.47 Å². The Morgan fingerprint density at radius 3 is 2.39 bits per heavy atom. The van der Waals surface area contributed by atoms with Gasteiger partial charge in [-0.05, 0) is 50.8 Å². The normalized spacial score (nSPS) is 12.4. The van der Waals surface area contributed by atoms with E-state index in [9.17, 15) is 10.1 Å². The Bertz CT molecular complexity index is 1350. The predicted octanol–water partition coefficient (Wildman–Crippen LogP) is 5.28. The first-order valence-corrected chi connectivity index (χ1v) is 16.6. The van der Waals surface area contributed by atoms with Crippen molar-refractivity contribution in [1.29, 1.82) is 5.26 Å². The number of aromatic nitrogens is 2. The smallest absolute Gasteiger partial charge is 0.198 e. The van der Waals surface area contributed by atoms with E-state index >= 15 is 0 Å². The van der Waals surface area contributed by atoms with Crippen molar-refractivity contribution in [2.45, 2.75) is 38.8 Å². The van der Waals surface area contributed by atoms with Crippen molar-refractivity contribution in [1.82, 2.24) is 14.7 Å². The molecule has 8 nitrogen and oxygen atoms in total. The summed E-state index contributed by atoms with van der Waals surface area (Å²) in [6.45, 7) is 9.23. The molecule has 1 aliphatic rings. The van der Waals surface area contributed by atoms with E-state index in [1.807, 2.05) is 32.3 Å². The van der Waals surface area contributed by atoms with E-state index in [2.05, 4.69) is 30.6 Å². The Kier molecular flexibility index (Phi) is 8.36. The lowest BCUT2D eigenvalue weighted by atomic mass is 10.0. The van der Waals surface area contributed by atoms with Crippen LogP contribution in [0.1, 0.15) is 27.9 Å². The number of hydrogen-bond acceptors (Lipinski definition) is 7. The van der Waals surface area contributed by atoms with E-state index in [-0.39, 0.29) is 12.5 Å². The van der Waals surface area contributed by atoms with Crippen LogP contribution in [0.25, 0.3) is 22.5 Å². The predicted molar refractivity (Wildman–Crippen MR) is 151 cm³/mol. The van der Waals surface area contributed by atoms with Gasteiger partial charge in [0, 0.05) is 37.9 Å². The summed E-state index contributed by atoms with van der Waals surface area (Å²) in [7, 11) is 4.40.